The first kappa shape index (κ1) is 12.1. The van der Waals surface area contributed by atoms with Crippen LogP contribution in [0.5, 0.6) is 0 Å². The molecule has 0 spiro atoms. The zero-order valence-corrected chi connectivity index (χ0v) is 10.1. The number of esters is 1. The molecule has 1 amide bonds. The van der Waals surface area contributed by atoms with Crippen LogP contribution in [0, 0.1) is 6.92 Å². The zero-order chi connectivity index (χ0) is 13.1. The topological polar surface area (TPSA) is 84.1 Å². The molecule has 18 heavy (non-hydrogen) atoms. The molecule has 94 valence electrons. The molecular formula is C12H13N3O3. The normalized spacial score (nSPS) is 10.3. The van der Waals surface area contributed by atoms with Crippen molar-refractivity contribution in [2.75, 3.05) is 11.9 Å². The second kappa shape index (κ2) is 4.87. The van der Waals surface area contributed by atoms with Gasteiger partial charge < -0.3 is 15.0 Å². The summed E-state index contributed by atoms with van der Waals surface area (Å²) in [6.07, 6.45) is 0. The van der Waals surface area contributed by atoms with Crippen LogP contribution in [-0.4, -0.2) is 28.5 Å². The summed E-state index contributed by atoms with van der Waals surface area (Å²) in [6.45, 7) is 3.66. The van der Waals surface area contributed by atoms with Gasteiger partial charge in [-0.25, -0.2) is 9.78 Å². The van der Waals surface area contributed by atoms with Crippen molar-refractivity contribution >= 4 is 28.6 Å². The van der Waals surface area contributed by atoms with Crippen LogP contribution in [-0.2, 0) is 14.3 Å². The van der Waals surface area contributed by atoms with Gasteiger partial charge in [-0.3, -0.25) is 4.79 Å². The summed E-state index contributed by atoms with van der Waals surface area (Å²) >= 11 is 0. The summed E-state index contributed by atoms with van der Waals surface area (Å²) in [7, 11) is 0. The molecule has 0 aliphatic heterocycles. The van der Waals surface area contributed by atoms with E-state index in [9.17, 15) is 9.59 Å². The number of hydrogen-bond acceptors (Lipinski definition) is 4. The molecule has 0 atom stereocenters. The SMILES string of the molecule is CCOC(=O)C(=O)Nc1ccc2nc(C)[nH]c2c1. The van der Waals surface area contributed by atoms with Crippen molar-refractivity contribution < 1.29 is 14.3 Å². The van der Waals surface area contributed by atoms with Crippen molar-refractivity contribution in [1.82, 2.24) is 9.97 Å². The van der Waals surface area contributed by atoms with Crippen LogP contribution in [0.4, 0.5) is 5.69 Å². The number of anilines is 1. The maximum atomic E-state index is 11.4. The molecule has 0 unspecified atom stereocenters. The molecule has 6 heteroatoms. The monoisotopic (exact) mass is 247 g/mol. The van der Waals surface area contributed by atoms with E-state index in [0.717, 1.165) is 16.9 Å². The molecule has 0 radical (unpaired) electrons. The van der Waals surface area contributed by atoms with Crippen LogP contribution in [0.2, 0.25) is 0 Å². The third kappa shape index (κ3) is 2.48. The Morgan fingerprint density at radius 1 is 1.44 bits per heavy atom. The number of nitrogens with zero attached hydrogens (tertiary/aromatic N) is 1. The fraction of sp³-hybridized carbons (Fsp3) is 0.250. The Balaban J connectivity index is 2.16. The number of benzene rings is 1. The van der Waals surface area contributed by atoms with Crippen LogP contribution < -0.4 is 5.32 Å². The molecule has 2 aromatic rings. The second-order valence-electron chi connectivity index (χ2n) is 3.73. The number of imidazole rings is 1. The summed E-state index contributed by atoms with van der Waals surface area (Å²) in [5, 5.41) is 2.47. The van der Waals surface area contributed by atoms with Crippen molar-refractivity contribution in [1.29, 1.82) is 0 Å². The highest BCUT2D eigenvalue weighted by molar-refractivity contribution is 6.37. The predicted octanol–water partition coefficient (Wildman–Crippen LogP) is 1.37. The summed E-state index contributed by atoms with van der Waals surface area (Å²) in [6, 6.07) is 5.16. The molecule has 0 aliphatic carbocycles. The lowest BCUT2D eigenvalue weighted by Crippen LogP contribution is -2.24. The smallest absolute Gasteiger partial charge is 0.397 e. The molecular weight excluding hydrogens is 234 g/mol. The van der Waals surface area contributed by atoms with Crippen LogP contribution in [0.15, 0.2) is 18.2 Å². The number of rotatable bonds is 2. The molecule has 1 aromatic heterocycles. The van der Waals surface area contributed by atoms with Gasteiger partial charge in [0, 0.05) is 5.69 Å². The highest BCUT2D eigenvalue weighted by Gasteiger charge is 2.14. The fourth-order valence-electron chi connectivity index (χ4n) is 1.59. The number of carbonyl (C=O) groups is 2. The molecule has 2 rings (SSSR count). The van der Waals surface area contributed by atoms with E-state index in [-0.39, 0.29) is 6.61 Å². The Hall–Kier alpha value is -2.37. The summed E-state index contributed by atoms with van der Waals surface area (Å²) < 4.78 is 4.60. The van der Waals surface area contributed by atoms with Crippen molar-refractivity contribution in [3.05, 3.63) is 24.0 Å². The fourth-order valence-corrected chi connectivity index (χ4v) is 1.59. The van der Waals surface area contributed by atoms with Crippen LogP contribution in [0.3, 0.4) is 0 Å². The van der Waals surface area contributed by atoms with Gasteiger partial charge in [0.1, 0.15) is 5.82 Å². The van der Waals surface area contributed by atoms with E-state index in [4.69, 9.17) is 0 Å². The minimum Gasteiger partial charge on any atom is -0.459 e. The molecule has 0 aliphatic rings. The Labute approximate surface area is 103 Å². The number of amides is 1. The quantitative estimate of drug-likeness (QED) is 0.620. The number of aromatic nitrogens is 2. The van der Waals surface area contributed by atoms with Crippen molar-refractivity contribution in [3.8, 4) is 0 Å². The molecule has 0 fully saturated rings. The van der Waals surface area contributed by atoms with Gasteiger partial charge in [-0.1, -0.05) is 0 Å². The molecule has 6 nitrogen and oxygen atoms in total. The minimum atomic E-state index is -0.890. The van der Waals surface area contributed by atoms with Gasteiger partial charge in [0.2, 0.25) is 0 Å². The number of H-pyrrole nitrogens is 1. The minimum absolute atomic E-state index is 0.172. The number of carbonyl (C=O) groups excluding carboxylic acids is 2. The van der Waals surface area contributed by atoms with Gasteiger partial charge in [0.15, 0.2) is 0 Å². The van der Waals surface area contributed by atoms with Crippen molar-refractivity contribution in [2.45, 2.75) is 13.8 Å². The van der Waals surface area contributed by atoms with Crippen LogP contribution >= 0.6 is 0 Å². The summed E-state index contributed by atoms with van der Waals surface area (Å²) in [5.41, 5.74) is 2.12. The molecule has 1 aromatic carbocycles. The van der Waals surface area contributed by atoms with Crippen molar-refractivity contribution in [2.24, 2.45) is 0 Å². The lowest BCUT2D eigenvalue weighted by atomic mass is 10.3. The van der Waals surface area contributed by atoms with E-state index >= 15 is 0 Å². The zero-order valence-electron chi connectivity index (χ0n) is 10.1. The number of aromatic amines is 1. The number of ether oxygens (including phenoxy) is 1. The van der Waals surface area contributed by atoms with Gasteiger partial charge in [-0.15, -0.1) is 0 Å². The highest BCUT2D eigenvalue weighted by Crippen LogP contribution is 2.16. The Kier molecular flexibility index (Phi) is 3.27. The van der Waals surface area contributed by atoms with E-state index in [2.05, 4.69) is 20.0 Å². The maximum absolute atomic E-state index is 11.4. The van der Waals surface area contributed by atoms with Crippen molar-refractivity contribution in [3.63, 3.8) is 0 Å². The Bertz CT molecular complexity index is 604. The van der Waals surface area contributed by atoms with E-state index < -0.39 is 11.9 Å². The van der Waals surface area contributed by atoms with Gasteiger partial charge in [-0.2, -0.15) is 0 Å². The van der Waals surface area contributed by atoms with Gasteiger partial charge >= 0.3 is 11.9 Å². The van der Waals surface area contributed by atoms with Crippen LogP contribution in [0.25, 0.3) is 11.0 Å². The lowest BCUT2D eigenvalue weighted by molar-refractivity contribution is -0.152. The molecule has 2 N–H and O–H groups in total. The Morgan fingerprint density at radius 2 is 2.22 bits per heavy atom. The maximum Gasteiger partial charge on any atom is 0.397 e. The summed E-state index contributed by atoms with van der Waals surface area (Å²) in [4.78, 5) is 29.9. The second-order valence-corrected chi connectivity index (χ2v) is 3.73. The number of hydrogen-bond donors (Lipinski definition) is 2. The molecule has 0 saturated heterocycles. The van der Waals surface area contributed by atoms with Crippen LogP contribution in [0.1, 0.15) is 12.7 Å². The average Bonchev–Trinajstić information content (AvgIpc) is 2.68. The lowest BCUT2D eigenvalue weighted by Gasteiger charge is -2.04. The first-order valence-electron chi connectivity index (χ1n) is 5.54. The largest absolute Gasteiger partial charge is 0.459 e. The first-order valence-corrected chi connectivity index (χ1v) is 5.54. The van der Waals surface area contributed by atoms with Gasteiger partial charge in [-0.05, 0) is 32.0 Å². The average molecular weight is 247 g/mol. The number of aryl methyl sites for hydroxylation is 1. The van der Waals surface area contributed by atoms with Gasteiger partial charge in [0.05, 0.1) is 17.6 Å². The number of nitrogens with one attached hydrogen (secondary N) is 2. The van der Waals surface area contributed by atoms with E-state index in [1.165, 1.54) is 0 Å². The Morgan fingerprint density at radius 3 is 2.94 bits per heavy atom. The molecule has 0 saturated carbocycles. The van der Waals surface area contributed by atoms with Gasteiger partial charge in [0.25, 0.3) is 0 Å². The first-order chi connectivity index (χ1) is 8.60. The van der Waals surface area contributed by atoms with E-state index in [1.807, 2.05) is 6.92 Å². The predicted molar refractivity (Wildman–Crippen MR) is 66.1 cm³/mol. The highest BCUT2D eigenvalue weighted by atomic mass is 16.5. The number of fused-ring (bicyclic) bond motifs is 1. The third-order valence-electron chi connectivity index (χ3n) is 2.32. The standard InChI is InChI=1S/C12H13N3O3/c1-3-18-12(17)11(16)15-8-4-5-9-10(6-8)14-7(2)13-9/h4-6H,3H2,1-2H3,(H,13,14)(H,15,16). The summed E-state index contributed by atoms with van der Waals surface area (Å²) in [5.74, 6) is -0.885. The third-order valence-corrected chi connectivity index (χ3v) is 2.32. The van der Waals surface area contributed by atoms with E-state index in [1.54, 1.807) is 25.1 Å². The molecule has 0 bridgehead atoms. The van der Waals surface area contributed by atoms with E-state index in [0.29, 0.717) is 5.69 Å². The molecule has 1 heterocycles.